The van der Waals surface area contributed by atoms with Crippen LogP contribution in [0.2, 0.25) is 0 Å². The molecule has 0 spiro atoms. The fraction of sp³-hybridized carbons (Fsp3) is 0.529. The van der Waals surface area contributed by atoms with E-state index in [0.29, 0.717) is 17.0 Å². The second kappa shape index (κ2) is 7.79. The average Bonchev–Trinajstić information content (AvgIpc) is 3.08. The van der Waals surface area contributed by atoms with E-state index in [0.717, 1.165) is 37.1 Å². The molecule has 6 nitrogen and oxygen atoms in total. The number of aromatic nitrogens is 4. The summed E-state index contributed by atoms with van der Waals surface area (Å²) in [5.41, 5.74) is 2.04. The minimum atomic E-state index is 0.186. The second-order valence-electron chi connectivity index (χ2n) is 6.09. The molecular weight excluding hydrogens is 322 g/mol. The number of carbonyl (C=O) groups is 1. The summed E-state index contributed by atoms with van der Waals surface area (Å²) in [5.74, 6) is 0.564. The summed E-state index contributed by atoms with van der Waals surface area (Å²) in [5, 5.41) is 12.6. The molecule has 24 heavy (non-hydrogen) atoms. The van der Waals surface area contributed by atoms with E-state index in [2.05, 4.69) is 22.4 Å². The summed E-state index contributed by atoms with van der Waals surface area (Å²) >= 11 is 1.41. The number of piperidine rings is 1. The summed E-state index contributed by atoms with van der Waals surface area (Å²) in [6.07, 6.45) is 4.47. The van der Waals surface area contributed by atoms with Crippen molar-refractivity contribution < 1.29 is 4.79 Å². The first-order valence-corrected chi connectivity index (χ1v) is 9.46. The van der Waals surface area contributed by atoms with Crippen LogP contribution in [-0.4, -0.2) is 49.4 Å². The van der Waals surface area contributed by atoms with E-state index in [1.165, 1.54) is 18.2 Å². The lowest BCUT2D eigenvalue weighted by Gasteiger charge is -2.35. The number of hydrogen-bond acceptors (Lipinski definition) is 5. The minimum absolute atomic E-state index is 0.186. The molecule has 0 aliphatic carbocycles. The van der Waals surface area contributed by atoms with Gasteiger partial charge in [0.15, 0.2) is 0 Å². The zero-order valence-corrected chi connectivity index (χ0v) is 15.0. The van der Waals surface area contributed by atoms with Gasteiger partial charge in [-0.2, -0.15) is 4.68 Å². The standard InChI is InChI=1S/C17H23N5OS/c1-3-14-9-6-7-11-21(14)16(23)12-24-17-18-19-20-22(17)15-10-5-4-8-13(15)2/h4-5,8,10,14H,3,6-7,9,11-12H2,1-2H3/t14-/m0/s1. The van der Waals surface area contributed by atoms with Crippen molar-refractivity contribution in [2.45, 2.75) is 50.7 Å². The maximum atomic E-state index is 12.6. The molecule has 128 valence electrons. The van der Waals surface area contributed by atoms with Gasteiger partial charge in [-0.25, -0.2) is 0 Å². The van der Waals surface area contributed by atoms with Crippen molar-refractivity contribution in [3.8, 4) is 5.69 Å². The fourth-order valence-electron chi connectivity index (χ4n) is 3.18. The number of hydrogen-bond donors (Lipinski definition) is 0. The molecule has 0 N–H and O–H groups in total. The molecule has 0 unspecified atom stereocenters. The number of aryl methyl sites for hydroxylation is 1. The normalized spacial score (nSPS) is 17.9. The number of carbonyl (C=O) groups excluding carboxylic acids is 1. The average molecular weight is 345 g/mol. The van der Waals surface area contributed by atoms with Gasteiger partial charge >= 0.3 is 0 Å². The molecule has 1 atom stereocenters. The predicted molar refractivity (Wildman–Crippen MR) is 94.3 cm³/mol. The monoisotopic (exact) mass is 345 g/mol. The van der Waals surface area contributed by atoms with Crippen molar-refractivity contribution in [3.05, 3.63) is 29.8 Å². The Balaban J connectivity index is 1.68. The first-order chi connectivity index (χ1) is 11.7. The van der Waals surface area contributed by atoms with E-state index in [1.807, 2.05) is 36.1 Å². The quantitative estimate of drug-likeness (QED) is 0.780. The van der Waals surface area contributed by atoms with Crippen LogP contribution >= 0.6 is 11.8 Å². The highest BCUT2D eigenvalue weighted by molar-refractivity contribution is 7.99. The smallest absolute Gasteiger partial charge is 0.233 e. The topological polar surface area (TPSA) is 63.9 Å². The number of thioether (sulfide) groups is 1. The Hall–Kier alpha value is -1.89. The van der Waals surface area contributed by atoms with E-state index in [1.54, 1.807) is 4.68 Å². The molecule has 1 aromatic carbocycles. The van der Waals surface area contributed by atoms with Crippen LogP contribution < -0.4 is 0 Å². The van der Waals surface area contributed by atoms with Crippen molar-refractivity contribution in [3.63, 3.8) is 0 Å². The van der Waals surface area contributed by atoms with Crippen molar-refractivity contribution in [2.75, 3.05) is 12.3 Å². The number of benzene rings is 1. The summed E-state index contributed by atoms with van der Waals surface area (Å²) in [7, 11) is 0. The second-order valence-corrected chi connectivity index (χ2v) is 7.04. The molecule has 3 rings (SSSR count). The number of amides is 1. The molecule has 1 aromatic heterocycles. The number of likely N-dealkylation sites (tertiary alicyclic amines) is 1. The summed E-state index contributed by atoms with van der Waals surface area (Å²) in [6.45, 7) is 5.05. The summed E-state index contributed by atoms with van der Waals surface area (Å²) < 4.78 is 1.71. The van der Waals surface area contributed by atoms with Gasteiger partial charge in [-0.05, 0) is 54.7 Å². The Morgan fingerprint density at radius 3 is 2.96 bits per heavy atom. The molecule has 1 fully saturated rings. The molecule has 7 heteroatoms. The van der Waals surface area contributed by atoms with Crippen LogP contribution in [-0.2, 0) is 4.79 Å². The van der Waals surface area contributed by atoms with Crippen molar-refractivity contribution >= 4 is 17.7 Å². The third kappa shape index (κ3) is 3.61. The van der Waals surface area contributed by atoms with Gasteiger partial charge in [-0.15, -0.1) is 5.10 Å². The van der Waals surface area contributed by atoms with Gasteiger partial charge in [0.2, 0.25) is 11.1 Å². The molecule has 2 heterocycles. The van der Waals surface area contributed by atoms with Crippen molar-refractivity contribution in [2.24, 2.45) is 0 Å². The van der Waals surface area contributed by atoms with E-state index in [9.17, 15) is 4.79 Å². The molecule has 2 aromatic rings. The third-order valence-corrected chi connectivity index (χ3v) is 5.43. The number of tetrazole rings is 1. The van der Waals surface area contributed by atoms with Crippen LogP contribution in [0, 0.1) is 6.92 Å². The van der Waals surface area contributed by atoms with Crippen LogP contribution in [0.3, 0.4) is 0 Å². The highest BCUT2D eigenvalue weighted by Crippen LogP contribution is 2.24. The van der Waals surface area contributed by atoms with Gasteiger partial charge in [-0.1, -0.05) is 36.9 Å². The molecule has 1 saturated heterocycles. The zero-order chi connectivity index (χ0) is 16.9. The van der Waals surface area contributed by atoms with Gasteiger partial charge in [0, 0.05) is 12.6 Å². The third-order valence-electron chi connectivity index (χ3n) is 4.53. The summed E-state index contributed by atoms with van der Waals surface area (Å²) in [6, 6.07) is 8.34. The Labute approximate surface area is 146 Å². The maximum absolute atomic E-state index is 12.6. The van der Waals surface area contributed by atoms with Gasteiger partial charge in [0.1, 0.15) is 0 Å². The van der Waals surface area contributed by atoms with Gasteiger partial charge < -0.3 is 4.90 Å². The molecular formula is C17H23N5OS. The Morgan fingerprint density at radius 1 is 1.33 bits per heavy atom. The molecule has 0 radical (unpaired) electrons. The Bertz CT molecular complexity index is 702. The largest absolute Gasteiger partial charge is 0.339 e. The van der Waals surface area contributed by atoms with Crippen LogP contribution in [0.15, 0.2) is 29.4 Å². The maximum Gasteiger partial charge on any atom is 0.233 e. The first kappa shape index (κ1) is 17.0. The van der Waals surface area contributed by atoms with E-state index < -0.39 is 0 Å². The molecule has 0 saturated carbocycles. The lowest BCUT2D eigenvalue weighted by Crippen LogP contribution is -2.44. The van der Waals surface area contributed by atoms with Gasteiger partial charge in [0.25, 0.3) is 0 Å². The SMILES string of the molecule is CC[C@H]1CCCCN1C(=O)CSc1nnnn1-c1ccccc1C. The van der Waals surface area contributed by atoms with E-state index in [4.69, 9.17) is 0 Å². The van der Waals surface area contributed by atoms with Crippen LogP contribution in [0.25, 0.3) is 5.69 Å². The molecule has 1 aliphatic rings. The molecule has 1 amide bonds. The Morgan fingerprint density at radius 2 is 2.17 bits per heavy atom. The number of nitrogens with zero attached hydrogens (tertiary/aromatic N) is 5. The van der Waals surface area contributed by atoms with Crippen molar-refractivity contribution in [1.29, 1.82) is 0 Å². The number of para-hydroxylation sites is 1. The van der Waals surface area contributed by atoms with Gasteiger partial charge in [-0.3, -0.25) is 4.79 Å². The number of rotatable bonds is 5. The van der Waals surface area contributed by atoms with E-state index in [-0.39, 0.29) is 5.91 Å². The zero-order valence-electron chi connectivity index (χ0n) is 14.2. The van der Waals surface area contributed by atoms with E-state index >= 15 is 0 Å². The van der Waals surface area contributed by atoms with Gasteiger partial charge in [0.05, 0.1) is 11.4 Å². The summed E-state index contributed by atoms with van der Waals surface area (Å²) in [4.78, 5) is 14.6. The Kier molecular flexibility index (Phi) is 5.50. The lowest BCUT2D eigenvalue weighted by molar-refractivity contribution is -0.132. The first-order valence-electron chi connectivity index (χ1n) is 8.47. The van der Waals surface area contributed by atoms with Crippen LogP contribution in [0.4, 0.5) is 0 Å². The molecule has 1 aliphatic heterocycles. The van der Waals surface area contributed by atoms with Crippen LogP contribution in [0.5, 0.6) is 0 Å². The van der Waals surface area contributed by atoms with Crippen LogP contribution in [0.1, 0.15) is 38.2 Å². The molecule has 0 bridgehead atoms. The minimum Gasteiger partial charge on any atom is -0.339 e. The highest BCUT2D eigenvalue weighted by Gasteiger charge is 2.25. The predicted octanol–water partition coefficient (Wildman–Crippen LogP) is 2.85. The lowest BCUT2D eigenvalue weighted by atomic mass is 10.0. The highest BCUT2D eigenvalue weighted by atomic mass is 32.2. The van der Waals surface area contributed by atoms with Crippen molar-refractivity contribution in [1.82, 2.24) is 25.1 Å². The fourth-order valence-corrected chi connectivity index (χ4v) is 3.95.